The van der Waals surface area contributed by atoms with Crippen LogP contribution in [-0.2, 0) is 4.79 Å². The first kappa shape index (κ1) is 14.5. The van der Waals surface area contributed by atoms with Crippen molar-refractivity contribution >= 4 is 33.6 Å². The van der Waals surface area contributed by atoms with E-state index in [4.69, 9.17) is 10.2 Å². The zero-order valence-corrected chi connectivity index (χ0v) is 11.0. The Bertz CT molecular complexity index is 439. The van der Waals surface area contributed by atoms with Gasteiger partial charge in [-0.25, -0.2) is 9.59 Å². The van der Waals surface area contributed by atoms with Crippen LogP contribution < -0.4 is 10.6 Å². The summed E-state index contributed by atoms with van der Waals surface area (Å²) in [5.41, 5.74) is 0.531. The molecule has 6 nitrogen and oxygen atoms in total. The highest BCUT2D eigenvalue weighted by Crippen LogP contribution is 2.20. The minimum Gasteiger partial charge on any atom is -0.480 e. The number of aliphatic hydroxyl groups is 1. The van der Waals surface area contributed by atoms with Gasteiger partial charge in [0.15, 0.2) is 0 Å². The zero-order chi connectivity index (χ0) is 13.5. The summed E-state index contributed by atoms with van der Waals surface area (Å²) in [6.45, 7) is -0.313. The maximum absolute atomic E-state index is 11.6. The Kier molecular flexibility index (Phi) is 5.60. The van der Waals surface area contributed by atoms with Crippen LogP contribution in [0.3, 0.4) is 0 Å². The molecule has 0 spiro atoms. The van der Waals surface area contributed by atoms with Gasteiger partial charge in [0, 0.05) is 17.5 Å². The molecular weight excluding hydrogens is 304 g/mol. The van der Waals surface area contributed by atoms with Crippen molar-refractivity contribution < 1.29 is 19.8 Å². The Labute approximate surface area is 112 Å². The molecule has 1 rings (SSSR count). The average molecular weight is 317 g/mol. The van der Waals surface area contributed by atoms with Crippen molar-refractivity contribution in [3.8, 4) is 0 Å². The first-order chi connectivity index (χ1) is 8.54. The molecule has 1 aromatic carbocycles. The van der Waals surface area contributed by atoms with E-state index in [1.54, 1.807) is 24.3 Å². The first-order valence-electron chi connectivity index (χ1n) is 5.20. The number of aliphatic hydroxyl groups excluding tert-OH is 1. The fourth-order valence-electron chi connectivity index (χ4n) is 1.27. The zero-order valence-electron chi connectivity index (χ0n) is 9.39. The van der Waals surface area contributed by atoms with Gasteiger partial charge in [-0.2, -0.15) is 0 Å². The summed E-state index contributed by atoms with van der Waals surface area (Å²) in [5, 5.41) is 22.3. The van der Waals surface area contributed by atoms with E-state index in [1.165, 1.54) is 0 Å². The third-order valence-corrected chi connectivity index (χ3v) is 2.83. The highest BCUT2D eigenvalue weighted by molar-refractivity contribution is 9.10. The largest absolute Gasteiger partial charge is 0.480 e. The second-order valence-corrected chi connectivity index (χ2v) is 4.34. The van der Waals surface area contributed by atoms with Crippen LogP contribution >= 0.6 is 15.9 Å². The third-order valence-electron chi connectivity index (χ3n) is 2.14. The molecular formula is C11H13BrN2O4. The van der Waals surface area contributed by atoms with Crippen molar-refractivity contribution in [1.82, 2.24) is 5.32 Å². The summed E-state index contributed by atoms with van der Waals surface area (Å²) in [5.74, 6) is -1.19. The van der Waals surface area contributed by atoms with Crippen molar-refractivity contribution in [3.05, 3.63) is 28.7 Å². The van der Waals surface area contributed by atoms with Crippen LogP contribution in [0.15, 0.2) is 28.7 Å². The number of hydrogen-bond donors (Lipinski definition) is 4. The lowest BCUT2D eigenvalue weighted by Gasteiger charge is -2.14. The lowest BCUT2D eigenvalue weighted by atomic mass is 10.2. The van der Waals surface area contributed by atoms with Gasteiger partial charge in [-0.3, -0.25) is 0 Å². The first-order valence-corrected chi connectivity index (χ1v) is 5.99. The van der Waals surface area contributed by atoms with Crippen molar-refractivity contribution in [2.75, 3.05) is 11.9 Å². The molecule has 1 atom stereocenters. The van der Waals surface area contributed by atoms with E-state index in [9.17, 15) is 9.59 Å². The number of para-hydroxylation sites is 1. The molecule has 0 radical (unpaired) electrons. The molecule has 98 valence electrons. The third kappa shape index (κ3) is 4.34. The minimum absolute atomic E-state index is 0.0429. The Morgan fingerprint density at radius 2 is 2.00 bits per heavy atom. The summed E-state index contributed by atoms with van der Waals surface area (Å²) < 4.78 is 0.689. The van der Waals surface area contributed by atoms with Gasteiger partial charge < -0.3 is 20.8 Å². The van der Waals surface area contributed by atoms with Gasteiger partial charge in [-0.05, 0) is 28.1 Å². The molecule has 4 N–H and O–H groups in total. The van der Waals surface area contributed by atoms with Crippen LogP contribution in [-0.4, -0.2) is 34.9 Å². The molecule has 0 aliphatic carbocycles. The smallest absolute Gasteiger partial charge is 0.326 e. The van der Waals surface area contributed by atoms with Gasteiger partial charge >= 0.3 is 12.0 Å². The van der Waals surface area contributed by atoms with Crippen LogP contribution in [0.1, 0.15) is 6.42 Å². The Hall–Kier alpha value is -1.60. The topological polar surface area (TPSA) is 98.7 Å². The number of hydrogen-bond acceptors (Lipinski definition) is 3. The van der Waals surface area contributed by atoms with Crippen molar-refractivity contribution in [1.29, 1.82) is 0 Å². The average Bonchev–Trinajstić information content (AvgIpc) is 2.31. The molecule has 0 saturated heterocycles. The van der Waals surface area contributed by atoms with E-state index in [0.29, 0.717) is 10.2 Å². The number of anilines is 1. The van der Waals surface area contributed by atoms with Gasteiger partial charge in [-0.1, -0.05) is 12.1 Å². The Morgan fingerprint density at radius 3 is 2.56 bits per heavy atom. The fourth-order valence-corrected chi connectivity index (χ4v) is 1.65. The van der Waals surface area contributed by atoms with E-state index in [1.807, 2.05) is 0 Å². The molecule has 18 heavy (non-hydrogen) atoms. The second-order valence-electron chi connectivity index (χ2n) is 3.48. The number of amides is 2. The number of benzene rings is 1. The number of nitrogens with one attached hydrogen (secondary N) is 2. The number of aliphatic carboxylic acids is 1. The van der Waals surface area contributed by atoms with E-state index in [-0.39, 0.29) is 13.0 Å². The van der Waals surface area contributed by atoms with Crippen LogP contribution in [0.2, 0.25) is 0 Å². The standard InChI is InChI=1S/C11H13BrN2O4/c12-7-3-1-2-4-8(7)13-11(18)14-9(5-6-15)10(16)17/h1-4,9,15H,5-6H2,(H,16,17)(H2,13,14,18)/t9-/m1/s1. The van der Waals surface area contributed by atoms with Crippen LogP contribution in [0.4, 0.5) is 10.5 Å². The van der Waals surface area contributed by atoms with Crippen molar-refractivity contribution in [3.63, 3.8) is 0 Å². The molecule has 0 fully saturated rings. The molecule has 2 amide bonds. The lowest BCUT2D eigenvalue weighted by molar-refractivity contribution is -0.139. The van der Waals surface area contributed by atoms with Crippen molar-refractivity contribution in [2.24, 2.45) is 0 Å². The summed E-state index contributed by atoms with van der Waals surface area (Å²) >= 11 is 3.25. The maximum Gasteiger partial charge on any atom is 0.326 e. The molecule has 0 bridgehead atoms. The van der Waals surface area contributed by atoms with Gasteiger partial charge in [-0.15, -0.1) is 0 Å². The van der Waals surface area contributed by atoms with Gasteiger partial charge in [0.2, 0.25) is 0 Å². The minimum atomic E-state index is -1.19. The van der Waals surface area contributed by atoms with Crippen LogP contribution in [0.5, 0.6) is 0 Å². The van der Waals surface area contributed by atoms with E-state index in [2.05, 4.69) is 26.6 Å². The Balaban J connectivity index is 2.61. The molecule has 0 unspecified atom stereocenters. The van der Waals surface area contributed by atoms with Crippen molar-refractivity contribution in [2.45, 2.75) is 12.5 Å². The lowest BCUT2D eigenvalue weighted by Crippen LogP contribution is -2.43. The number of rotatable bonds is 5. The molecule has 0 aliphatic rings. The second kappa shape index (κ2) is 6.97. The molecule has 0 aliphatic heterocycles. The predicted octanol–water partition coefficient (Wildman–Crippen LogP) is 1.41. The number of halogens is 1. The van der Waals surface area contributed by atoms with Crippen LogP contribution in [0.25, 0.3) is 0 Å². The van der Waals surface area contributed by atoms with Gasteiger partial charge in [0.25, 0.3) is 0 Å². The summed E-state index contributed by atoms with van der Waals surface area (Å²) in [4.78, 5) is 22.3. The number of carbonyl (C=O) groups is 2. The maximum atomic E-state index is 11.6. The summed E-state index contributed by atoms with van der Waals surface area (Å²) in [7, 11) is 0. The predicted molar refractivity (Wildman–Crippen MR) is 69.4 cm³/mol. The van der Waals surface area contributed by atoms with E-state index < -0.39 is 18.0 Å². The number of carboxylic acids is 1. The van der Waals surface area contributed by atoms with Crippen LogP contribution in [0, 0.1) is 0 Å². The molecule has 7 heteroatoms. The quantitative estimate of drug-likeness (QED) is 0.660. The normalized spacial score (nSPS) is 11.7. The van der Waals surface area contributed by atoms with Gasteiger partial charge in [0.1, 0.15) is 6.04 Å². The summed E-state index contributed by atoms with van der Waals surface area (Å²) in [6, 6.07) is 5.20. The number of carbonyl (C=O) groups excluding carboxylic acids is 1. The van der Waals surface area contributed by atoms with E-state index in [0.717, 1.165) is 0 Å². The highest BCUT2D eigenvalue weighted by atomic mass is 79.9. The molecule has 0 aromatic heterocycles. The number of urea groups is 1. The van der Waals surface area contributed by atoms with E-state index >= 15 is 0 Å². The molecule has 1 aromatic rings. The fraction of sp³-hybridized carbons (Fsp3) is 0.273. The monoisotopic (exact) mass is 316 g/mol. The van der Waals surface area contributed by atoms with Gasteiger partial charge in [0.05, 0.1) is 5.69 Å². The molecule has 0 saturated carbocycles. The SMILES string of the molecule is O=C(Nc1ccccc1Br)N[C@H](CCO)C(=O)O. The summed E-state index contributed by atoms with van der Waals surface area (Å²) in [6.07, 6.45) is -0.0429. The highest BCUT2D eigenvalue weighted by Gasteiger charge is 2.19. The molecule has 0 heterocycles. The number of carboxylic acid groups (broad SMARTS) is 1. The Morgan fingerprint density at radius 1 is 1.33 bits per heavy atom.